The van der Waals surface area contributed by atoms with Gasteiger partial charge in [-0.3, -0.25) is 9.59 Å². The van der Waals surface area contributed by atoms with Crippen molar-refractivity contribution in [1.29, 1.82) is 0 Å². The minimum atomic E-state index is -0.620. The van der Waals surface area contributed by atoms with Gasteiger partial charge in [-0.05, 0) is 49.1 Å². The molecule has 6 heteroatoms. The highest BCUT2D eigenvalue weighted by Gasteiger charge is 2.30. The molecule has 2 amide bonds. The maximum absolute atomic E-state index is 13.7. The zero-order valence-electron chi connectivity index (χ0n) is 21.6. The molecule has 0 radical (unpaired) electrons. The van der Waals surface area contributed by atoms with Gasteiger partial charge in [0.2, 0.25) is 11.8 Å². The second-order valence-corrected chi connectivity index (χ2v) is 8.80. The van der Waals surface area contributed by atoms with Crippen LogP contribution >= 0.6 is 0 Å². The summed E-state index contributed by atoms with van der Waals surface area (Å²) >= 11 is 0. The predicted octanol–water partition coefficient (Wildman–Crippen LogP) is 4.72. The average molecular weight is 489 g/mol. The van der Waals surface area contributed by atoms with E-state index in [-0.39, 0.29) is 18.2 Å². The van der Waals surface area contributed by atoms with Crippen LogP contribution in [0.4, 0.5) is 0 Å². The molecule has 0 saturated heterocycles. The molecule has 0 aliphatic carbocycles. The third kappa shape index (κ3) is 7.35. The molecule has 1 N–H and O–H groups in total. The van der Waals surface area contributed by atoms with Crippen LogP contribution in [-0.2, 0) is 29.0 Å². The highest BCUT2D eigenvalue weighted by Crippen LogP contribution is 2.28. The fourth-order valence-electron chi connectivity index (χ4n) is 4.28. The van der Waals surface area contributed by atoms with E-state index in [1.807, 2.05) is 80.6 Å². The fraction of sp³-hybridized carbons (Fsp3) is 0.333. The number of nitrogens with zero attached hydrogens (tertiary/aromatic N) is 1. The number of carbonyl (C=O) groups is 2. The molecule has 0 spiro atoms. The fourth-order valence-corrected chi connectivity index (χ4v) is 4.28. The van der Waals surface area contributed by atoms with Gasteiger partial charge in [-0.25, -0.2) is 0 Å². The van der Waals surface area contributed by atoms with Crippen LogP contribution in [0.2, 0.25) is 0 Å². The van der Waals surface area contributed by atoms with Gasteiger partial charge in [0.15, 0.2) is 11.5 Å². The molecule has 0 bridgehead atoms. The standard InChI is InChI=1S/C30H36N2O4/c1-5-31-30(34)26(19-23-11-7-6-8-12-23)32(21-25-13-9-10-22(2)18-25)29(33)17-15-24-14-16-27(35-3)28(20-24)36-4/h6-14,16,18,20,26H,5,15,17,19,21H2,1-4H3,(H,31,34)/t26-/m0/s1. The zero-order chi connectivity index (χ0) is 25.9. The van der Waals surface area contributed by atoms with Gasteiger partial charge in [0.25, 0.3) is 0 Å². The van der Waals surface area contributed by atoms with E-state index >= 15 is 0 Å². The number of likely N-dealkylation sites (N-methyl/N-ethyl adjacent to an activating group) is 1. The van der Waals surface area contributed by atoms with E-state index in [0.29, 0.717) is 37.4 Å². The lowest BCUT2D eigenvalue weighted by atomic mass is 10.0. The third-order valence-electron chi connectivity index (χ3n) is 6.13. The summed E-state index contributed by atoms with van der Waals surface area (Å²) in [7, 11) is 3.19. The lowest BCUT2D eigenvalue weighted by molar-refractivity contribution is -0.141. The van der Waals surface area contributed by atoms with Gasteiger partial charge in [0, 0.05) is 25.9 Å². The number of rotatable bonds is 12. The number of hydrogen-bond donors (Lipinski definition) is 1. The Hall–Kier alpha value is -3.80. The van der Waals surface area contributed by atoms with Gasteiger partial charge in [-0.1, -0.05) is 66.2 Å². The smallest absolute Gasteiger partial charge is 0.243 e. The third-order valence-corrected chi connectivity index (χ3v) is 6.13. The molecule has 190 valence electrons. The number of methoxy groups -OCH3 is 2. The van der Waals surface area contributed by atoms with Gasteiger partial charge in [-0.15, -0.1) is 0 Å². The van der Waals surface area contributed by atoms with Crippen molar-refractivity contribution < 1.29 is 19.1 Å². The van der Waals surface area contributed by atoms with Crippen molar-refractivity contribution >= 4 is 11.8 Å². The van der Waals surface area contributed by atoms with Gasteiger partial charge < -0.3 is 19.7 Å². The molecule has 3 rings (SSSR count). The maximum atomic E-state index is 13.7. The van der Waals surface area contributed by atoms with Crippen molar-refractivity contribution in [3.05, 3.63) is 95.1 Å². The molecule has 0 aliphatic rings. The largest absolute Gasteiger partial charge is 0.493 e. The van der Waals surface area contributed by atoms with Crippen LogP contribution in [0.3, 0.4) is 0 Å². The van der Waals surface area contributed by atoms with Crippen LogP contribution in [0, 0.1) is 6.92 Å². The topological polar surface area (TPSA) is 67.9 Å². The molecule has 6 nitrogen and oxygen atoms in total. The average Bonchev–Trinajstić information content (AvgIpc) is 2.89. The van der Waals surface area contributed by atoms with Gasteiger partial charge >= 0.3 is 0 Å². The second kappa shape index (κ2) is 13.3. The minimum absolute atomic E-state index is 0.0709. The summed E-state index contributed by atoms with van der Waals surface area (Å²) in [6.07, 6.45) is 1.24. The van der Waals surface area contributed by atoms with E-state index in [2.05, 4.69) is 11.4 Å². The Morgan fingerprint density at radius 1 is 0.861 bits per heavy atom. The van der Waals surface area contributed by atoms with E-state index in [0.717, 1.165) is 22.3 Å². The zero-order valence-corrected chi connectivity index (χ0v) is 21.6. The molecule has 0 fully saturated rings. The van der Waals surface area contributed by atoms with Gasteiger partial charge in [0.05, 0.1) is 14.2 Å². The van der Waals surface area contributed by atoms with E-state index < -0.39 is 6.04 Å². The normalized spacial score (nSPS) is 11.4. The van der Waals surface area contributed by atoms with Crippen molar-refractivity contribution in [2.24, 2.45) is 0 Å². The van der Waals surface area contributed by atoms with E-state index in [9.17, 15) is 9.59 Å². The quantitative estimate of drug-likeness (QED) is 0.401. The Morgan fingerprint density at radius 2 is 1.58 bits per heavy atom. The summed E-state index contributed by atoms with van der Waals surface area (Å²) in [5, 5.41) is 2.94. The number of aryl methyl sites for hydroxylation is 2. The molecule has 0 aromatic heterocycles. The summed E-state index contributed by atoms with van der Waals surface area (Å²) in [6, 6.07) is 23.0. The molecule has 3 aromatic rings. The summed E-state index contributed by atoms with van der Waals surface area (Å²) in [4.78, 5) is 28.7. The van der Waals surface area contributed by atoms with Crippen molar-refractivity contribution in [3.8, 4) is 11.5 Å². The summed E-state index contributed by atoms with van der Waals surface area (Å²) < 4.78 is 10.7. The molecule has 0 aliphatic heterocycles. The number of carbonyl (C=O) groups excluding carboxylic acids is 2. The molecular formula is C30H36N2O4. The Bertz CT molecular complexity index is 1150. The van der Waals surface area contributed by atoms with Crippen molar-refractivity contribution in [2.45, 2.75) is 45.7 Å². The molecule has 0 saturated carbocycles. The Balaban J connectivity index is 1.88. The number of nitrogens with one attached hydrogen (secondary N) is 1. The number of benzene rings is 3. The number of ether oxygens (including phenoxy) is 2. The van der Waals surface area contributed by atoms with E-state index in [1.165, 1.54) is 0 Å². The van der Waals surface area contributed by atoms with Crippen molar-refractivity contribution in [1.82, 2.24) is 10.2 Å². The second-order valence-electron chi connectivity index (χ2n) is 8.80. The Kier molecular flexibility index (Phi) is 9.92. The first-order chi connectivity index (χ1) is 17.4. The van der Waals surface area contributed by atoms with Crippen molar-refractivity contribution in [2.75, 3.05) is 20.8 Å². The van der Waals surface area contributed by atoms with Crippen LogP contribution in [0.15, 0.2) is 72.8 Å². The molecule has 0 unspecified atom stereocenters. The first-order valence-corrected chi connectivity index (χ1v) is 12.3. The van der Waals surface area contributed by atoms with Crippen LogP contribution < -0.4 is 14.8 Å². The minimum Gasteiger partial charge on any atom is -0.493 e. The first-order valence-electron chi connectivity index (χ1n) is 12.3. The lowest BCUT2D eigenvalue weighted by Gasteiger charge is -2.31. The Morgan fingerprint density at radius 3 is 2.25 bits per heavy atom. The maximum Gasteiger partial charge on any atom is 0.243 e. The van der Waals surface area contributed by atoms with Crippen LogP contribution in [0.25, 0.3) is 0 Å². The summed E-state index contributed by atoms with van der Waals surface area (Å²) in [5.41, 5.74) is 4.09. The van der Waals surface area contributed by atoms with Crippen LogP contribution in [-0.4, -0.2) is 43.5 Å². The summed E-state index contributed by atoms with van der Waals surface area (Å²) in [5.74, 6) is 1.06. The van der Waals surface area contributed by atoms with Crippen LogP contribution in [0.1, 0.15) is 35.6 Å². The molecule has 0 heterocycles. The SMILES string of the molecule is CCNC(=O)[C@H](Cc1ccccc1)N(Cc1cccc(C)c1)C(=O)CCc1ccc(OC)c(OC)c1. The summed E-state index contributed by atoms with van der Waals surface area (Å²) in [6.45, 7) is 4.78. The highest BCUT2D eigenvalue weighted by atomic mass is 16.5. The molecular weight excluding hydrogens is 452 g/mol. The van der Waals surface area contributed by atoms with Crippen LogP contribution in [0.5, 0.6) is 11.5 Å². The number of amides is 2. The molecule has 1 atom stereocenters. The molecule has 36 heavy (non-hydrogen) atoms. The van der Waals surface area contributed by atoms with E-state index in [4.69, 9.17) is 9.47 Å². The van der Waals surface area contributed by atoms with Crippen molar-refractivity contribution in [3.63, 3.8) is 0 Å². The van der Waals surface area contributed by atoms with Gasteiger partial charge in [-0.2, -0.15) is 0 Å². The highest BCUT2D eigenvalue weighted by molar-refractivity contribution is 5.88. The predicted molar refractivity (Wildman–Crippen MR) is 142 cm³/mol. The molecule has 3 aromatic carbocycles. The lowest BCUT2D eigenvalue weighted by Crippen LogP contribution is -2.50. The van der Waals surface area contributed by atoms with Gasteiger partial charge in [0.1, 0.15) is 6.04 Å². The number of hydrogen-bond acceptors (Lipinski definition) is 4. The van der Waals surface area contributed by atoms with E-state index in [1.54, 1.807) is 19.1 Å². The first kappa shape index (κ1) is 26.8. The Labute approximate surface area is 214 Å². The monoisotopic (exact) mass is 488 g/mol.